The van der Waals surface area contributed by atoms with Crippen LogP contribution in [0, 0.1) is 17.3 Å². The van der Waals surface area contributed by atoms with Crippen LogP contribution in [0.2, 0.25) is 0 Å². The van der Waals surface area contributed by atoms with Crippen LogP contribution in [0.3, 0.4) is 0 Å². The number of rotatable bonds is 8. The third kappa shape index (κ3) is 4.16. The van der Waals surface area contributed by atoms with Gasteiger partial charge in [-0.3, -0.25) is 0 Å². The van der Waals surface area contributed by atoms with Crippen LogP contribution >= 0.6 is 0 Å². The molecule has 0 amide bonds. The summed E-state index contributed by atoms with van der Waals surface area (Å²) in [6, 6.07) is 0. The minimum absolute atomic E-state index is 0.208. The van der Waals surface area contributed by atoms with Crippen molar-refractivity contribution in [2.45, 2.75) is 46.0 Å². The van der Waals surface area contributed by atoms with Crippen LogP contribution in [0.5, 0.6) is 0 Å². The first-order chi connectivity index (χ1) is 8.51. The van der Waals surface area contributed by atoms with Crippen LogP contribution in [0.4, 0.5) is 0 Å². The molecule has 18 heavy (non-hydrogen) atoms. The van der Waals surface area contributed by atoms with E-state index >= 15 is 0 Å². The smallest absolute Gasteiger partial charge is 0.144 e. The van der Waals surface area contributed by atoms with Gasteiger partial charge < -0.3 is 15.8 Å². The van der Waals surface area contributed by atoms with Crippen molar-refractivity contribution in [3.63, 3.8) is 0 Å². The Morgan fingerprint density at radius 3 is 2.11 bits per heavy atom. The fraction of sp³-hybridized carbons (Fsp3) is 0.929. The van der Waals surface area contributed by atoms with Gasteiger partial charge in [-0.05, 0) is 50.5 Å². The van der Waals surface area contributed by atoms with Crippen molar-refractivity contribution in [1.29, 1.82) is 0 Å². The van der Waals surface area contributed by atoms with Gasteiger partial charge in [-0.25, -0.2) is 0 Å². The van der Waals surface area contributed by atoms with Crippen molar-refractivity contribution >= 4 is 5.84 Å². The summed E-state index contributed by atoms with van der Waals surface area (Å²) in [5, 5.41) is 12.0. The van der Waals surface area contributed by atoms with Gasteiger partial charge in [0.2, 0.25) is 0 Å². The second-order valence-corrected chi connectivity index (χ2v) is 6.77. The minimum atomic E-state index is -0.208. The molecule has 0 radical (unpaired) electrons. The molecule has 2 aliphatic rings. The first kappa shape index (κ1) is 13.7. The Balaban J connectivity index is 1.79. The zero-order chi connectivity index (χ0) is 13.2. The number of oxime groups is 1. The van der Waals surface area contributed by atoms with Crippen molar-refractivity contribution in [1.82, 2.24) is 4.90 Å². The lowest BCUT2D eigenvalue weighted by atomic mass is 9.88. The summed E-state index contributed by atoms with van der Waals surface area (Å²) < 4.78 is 0. The van der Waals surface area contributed by atoms with Crippen molar-refractivity contribution in [3.8, 4) is 0 Å². The number of amidine groups is 1. The molecule has 0 saturated heterocycles. The van der Waals surface area contributed by atoms with Gasteiger partial charge in [-0.15, -0.1) is 0 Å². The molecule has 2 saturated carbocycles. The summed E-state index contributed by atoms with van der Waals surface area (Å²) in [6.07, 6.45) is 6.59. The van der Waals surface area contributed by atoms with Crippen LogP contribution < -0.4 is 5.73 Å². The van der Waals surface area contributed by atoms with Gasteiger partial charge in [0.15, 0.2) is 0 Å². The van der Waals surface area contributed by atoms with E-state index < -0.39 is 0 Å². The maximum atomic E-state index is 8.80. The molecule has 0 heterocycles. The summed E-state index contributed by atoms with van der Waals surface area (Å²) in [5.41, 5.74) is 5.54. The molecular formula is C14H27N3O. The molecule has 0 aromatic carbocycles. The average Bonchev–Trinajstić information content (AvgIpc) is 3.20. The van der Waals surface area contributed by atoms with E-state index in [0.717, 1.165) is 24.8 Å². The SMILES string of the molecule is CC(C)(CCN(CC1CC1)CC1CC1)C(N)=NO. The zero-order valence-corrected chi connectivity index (χ0v) is 11.7. The van der Waals surface area contributed by atoms with E-state index in [9.17, 15) is 0 Å². The van der Waals surface area contributed by atoms with E-state index in [1.807, 2.05) is 0 Å². The predicted molar refractivity (Wildman–Crippen MR) is 73.7 cm³/mol. The molecule has 0 aliphatic heterocycles. The molecule has 3 N–H and O–H groups in total. The van der Waals surface area contributed by atoms with Gasteiger partial charge >= 0.3 is 0 Å². The molecule has 104 valence electrons. The zero-order valence-electron chi connectivity index (χ0n) is 11.7. The molecule has 0 spiro atoms. The van der Waals surface area contributed by atoms with Crippen LogP contribution in [0.15, 0.2) is 5.16 Å². The normalized spacial score (nSPS) is 21.6. The van der Waals surface area contributed by atoms with Crippen molar-refractivity contribution in [2.75, 3.05) is 19.6 Å². The number of nitrogens with zero attached hydrogens (tertiary/aromatic N) is 2. The maximum absolute atomic E-state index is 8.80. The van der Waals surface area contributed by atoms with Crippen LogP contribution in [0.1, 0.15) is 46.0 Å². The Morgan fingerprint density at radius 2 is 1.72 bits per heavy atom. The lowest BCUT2D eigenvalue weighted by Crippen LogP contribution is -2.37. The Kier molecular flexibility index (Phi) is 4.15. The van der Waals surface area contributed by atoms with Crippen LogP contribution in [-0.2, 0) is 0 Å². The third-order valence-corrected chi connectivity index (χ3v) is 4.28. The molecule has 4 nitrogen and oxygen atoms in total. The van der Waals surface area contributed by atoms with Crippen molar-refractivity contribution in [2.24, 2.45) is 28.1 Å². The average molecular weight is 253 g/mol. The van der Waals surface area contributed by atoms with Gasteiger partial charge in [0.05, 0.1) is 0 Å². The molecule has 0 aromatic heterocycles. The van der Waals surface area contributed by atoms with Gasteiger partial charge in [-0.2, -0.15) is 0 Å². The quantitative estimate of drug-likeness (QED) is 0.302. The van der Waals surface area contributed by atoms with E-state index in [2.05, 4.69) is 23.9 Å². The van der Waals surface area contributed by atoms with Gasteiger partial charge in [0.25, 0.3) is 0 Å². The topological polar surface area (TPSA) is 61.8 Å². The fourth-order valence-electron chi connectivity index (χ4n) is 2.29. The molecule has 2 fully saturated rings. The standard InChI is InChI=1S/C14H27N3O/c1-14(2,13(15)16-18)7-8-17(9-11-3-4-11)10-12-5-6-12/h11-12,18H,3-10H2,1-2H3,(H2,15,16). The van der Waals surface area contributed by atoms with Crippen molar-refractivity contribution < 1.29 is 5.21 Å². The summed E-state index contributed by atoms with van der Waals surface area (Å²) >= 11 is 0. The molecule has 2 aliphatic carbocycles. The van der Waals surface area contributed by atoms with E-state index in [1.54, 1.807) is 0 Å². The van der Waals surface area contributed by atoms with E-state index in [1.165, 1.54) is 38.8 Å². The second kappa shape index (κ2) is 5.47. The molecule has 0 unspecified atom stereocenters. The maximum Gasteiger partial charge on any atom is 0.144 e. The first-order valence-electron chi connectivity index (χ1n) is 7.21. The lowest BCUT2D eigenvalue weighted by molar-refractivity contribution is 0.224. The van der Waals surface area contributed by atoms with E-state index in [-0.39, 0.29) is 5.41 Å². The monoisotopic (exact) mass is 253 g/mol. The Bertz CT molecular complexity index is 292. The first-order valence-corrected chi connectivity index (χ1v) is 7.21. The van der Waals surface area contributed by atoms with E-state index in [4.69, 9.17) is 10.9 Å². The summed E-state index contributed by atoms with van der Waals surface area (Å²) in [7, 11) is 0. The van der Waals surface area contributed by atoms with Gasteiger partial charge in [-0.1, -0.05) is 19.0 Å². The molecule has 0 bridgehead atoms. The van der Waals surface area contributed by atoms with Gasteiger partial charge in [0.1, 0.15) is 5.84 Å². The van der Waals surface area contributed by atoms with E-state index in [0.29, 0.717) is 5.84 Å². The molecule has 0 atom stereocenters. The third-order valence-electron chi connectivity index (χ3n) is 4.28. The number of hydrogen-bond donors (Lipinski definition) is 2. The number of nitrogens with two attached hydrogens (primary N) is 1. The highest BCUT2D eigenvalue weighted by atomic mass is 16.4. The predicted octanol–water partition coefficient (Wildman–Crippen LogP) is 2.27. The summed E-state index contributed by atoms with van der Waals surface area (Å²) in [4.78, 5) is 2.60. The Hall–Kier alpha value is -0.770. The molecular weight excluding hydrogens is 226 g/mol. The number of hydrogen-bond acceptors (Lipinski definition) is 3. The highest BCUT2D eigenvalue weighted by Gasteiger charge is 2.31. The summed E-state index contributed by atoms with van der Waals surface area (Å²) in [6.45, 7) is 7.67. The molecule has 2 rings (SSSR count). The van der Waals surface area contributed by atoms with Crippen molar-refractivity contribution in [3.05, 3.63) is 0 Å². The Morgan fingerprint density at radius 1 is 1.22 bits per heavy atom. The summed E-state index contributed by atoms with van der Waals surface area (Å²) in [5.74, 6) is 2.23. The largest absolute Gasteiger partial charge is 0.409 e. The molecule has 4 heteroatoms. The fourth-order valence-corrected chi connectivity index (χ4v) is 2.29. The Labute approximate surface area is 110 Å². The van der Waals surface area contributed by atoms with Crippen LogP contribution in [0.25, 0.3) is 0 Å². The van der Waals surface area contributed by atoms with Gasteiger partial charge in [0, 0.05) is 18.5 Å². The molecule has 0 aromatic rings. The van der Waals surface area contributed by atoms with Crippen LogP contribution in [-0.4, -0.2) is 35.6 Å². The minimum Gasteiger partial charge on any atom is -0.409 e. The highest BCUT2D eigenvalue weighted by Crippen LogP contribution is 2.34. The highest BCUT2D eigenvalue weighted by molar-refractivity contribution is 5.85. The second-order valence-electron chi connectivity index (χ2n) is 6.77. The lowest BCUT2D eigenvalue weighted by Gasteiger charge is -2.28.